The van der Waals surface area contributed by atoms with Gasteiger partial charge in [-0.1, -0.05) is 31.8 Å². The van der Waals surface area contributed by atoms with E-state index in [1.807, 2.05) is 57.2 Å². The van der Waals surface area contributed by atoms with Crippen LogP contribution in [0.2, 0.25) is 25.7 Å². The monoisotopic (exact) mass is 544 g/mol. The first-order valence-corrected chi connectivity index (χ1v) is 16.9. The van der Waals surface area contributed by atoms with Gasteiger partial charge < -0.3 is 29.6 Å². The molecular formula is C28H44N4O5Si. The fraction of sp³-hybridized carbons (Fsp3) is 0.571. The predicted molar refractivity (Wildman–Crippen MR) is 154 cm³/mol. The van der Waals surface area contributed by atoms with Gasteiger partial charge in [0.2, 0.25) is 0 Å². The number of anilines is 3. The van der Waals surface area contributed by atoms with Crippen molar-refractivity contribution in [3.8, 4) is 0 Å². The van der Waals surface area contributed by atoms with Crippen molar-refractivity contribution >= 4 is 31.4 Å². The molecule has 0 spiro atoms. The van der Waals surface area contributed by atoms with Crippen LogP contribution in [0.4, 0.5) is 22.0 Å². The van der Waals surface area contributed by atoms with Crippen molar-refractivity contribution in [3.05, 3.63) is 47.7 Å². The van der Waals surface area contributed by atoms with E-state index in [2.05, 4.69) is 24.5 Å². The summed E-state index contributed by atoms with van der Waals surface area (Å²) in [6.45, 7) is 16.7. The number of morpholine rings is 1. The van der Waals surface area contributed by atoms with E-state index in [1.165, 1.54) is 0 Å². The number of hydrogen-bond donors (Lipinski definition) is 1. The maximum absolute atomic E-state index is 13.4. The quantitative estimate of drug-likeness (QED) is 0.177. The van der Waals surface area contributed by atoms with E-state index in [9.17, 15) is 4.79 Å². The first-order chi connectivity index (χ1) is 17.9. The highest BCUT2D eigenvalue weighted by Gasteiger charge is 2.26. The van der Waals surface area contributed by atoms with Gasteiger partial charge in [-0.15, -0.1) is 0 Å². The van der Waals surface area contributed by atoms with Gasteiger partial charge in [0.15, 0.2) is 0 Å². The summed E-state index contributed by atoms with van der Waals surface area (Å²) in [7, 11) is -1.16. The number of rotatable bonds is 11. The van der Waals surface area contributed by atoms with Crippen molar-refractivity contribution in [3.63, 3.8) is 0 Å². The molecule has 10 heteroatoms. The van der Waals surface area contributed by atoms with Crippen molar-refractivity contribution in [2.24, 2.45) is 0 Å². The number of nitrogens with two attached hydrogens (primary N) is 1. The number of ether oxygens (including phenoxy) is 4. The Morgan fingerprint density at radius 1 is 1.13 bits per heavy atom. The van der Waals surface area contributed by atoms with E-state index in [0.717, 1.165) is 30.4 Å². The molecule has 3 rings (SSSR count). The molecule has 1 aromatic carbocycles. The Labute approximate surface area is 228 Å². The topological polar surface area (TPSA) is 99.4 Å². The van der Waals surface area contributed by atoms with Crippen LogP contribution in [0.15, 0.2) is 36.4 Å². The molecule has 210 valence electrons. The third-order valence-electron chi connectivity index (χ3n) is 5.82. The summed E-state index contributed by atoms with van der Waals surface area (Å²) in [5.41, 5.74) is 8.52. The molecule has 1 amide bonds. The number of hydrogen-bond acceptors (Lipinski definition) is 8. The number of aromatic nitrogens is 1. The number of benzene rings is 1. The molecule has 1 aliphatic heterocycles. The fourth-order valence-corrected chi connectivity index (χ4v) is 4.60. The second kappa shape index (κ2) is 13.4. The van der Waals surface area contributed by atoms with E-state index in [4.69, 9.17) is 29.7 Å². The van der Waals surface area contributed by atoms with Crippen LogP contribution in [-0.2, 0) is 32.1 Å². The van der Waals surface area contributed by atoms with Crippen LogP contribution in [0.1, 0.15) is 32.0 Å². The second-order valence-electron chi connectivity index (χ2n) is 11.8. The molecule has 0 radical (unpaired) electrons. The van der Waals surface area contributed by atoms with Crippen LogP contribution >= 0.6 is 0 Å². The molecule has 0 aliphatic carbocycles. The third-order valence-corrected chi connectivity index (χ3v) is 7.53. The number of nitrogen functional groups attached to an aromatic ring is 1. The Morgan fingerprint density at radius 3 is 2.53 bits per heavy atom. The van der Waals surface area contributed by atoms with Gasteiger partial charge in [0.05, 0.1) is 32.1 Å². The van der Waals surface area contributed by atoms with Crippen LogP contribution in [0.3, 0.4) is 0 Å². The fourth-order valence-electron chi connectivity index (χ4n) is 3.85. The van der Waals surface area contributed by atoms with E-state index in [1.54, 1.807) is 4.90 Å². The summed E-state index contributed by atoms with van der Waals surface area (Å²) < 4.78 is 22.8. The van der Waals surface area contributed by atoms with Gasteiger partial charge in [-0.3, -0.25) is 4.90 Å². The van der Waals surface area contributed by atoms with E-state index >= 15 is 0 Å². The van der Waals surface area contributed by atoms with Gasteiger partial charge in [0.1, 0.15) is 18.2 Å². The molecule has 0 saturated carbocycles. The number of carbonyl (C=O) groups excluding carboxylic acids is 1. The molecule has 0 unspecified atom stereocenters. The highest BCUT2D eigenvalue weighted by atomic mass is 28.3. The van der Waals surface area contributed by atoms with Crippen molar-refractivity contribution in [1.29, 1.82) is 0 Å². The molecule has 1 saturated heterocycles. The summed E-state index contributed by atoms with van der Waals surface area (Å²) in [6.07, 6.45) is -0.479. The van der Waals surface area contributed by atoms with Gasteiger partial charge in [-0.05, 0) is 50.6 Å². The van der Waals surface area contributed by atoms with Crippen LogP contribution in [-0.4, -0.2) is 64.5 Å². The minimum Gasteiger partial charge on any atom is -0.443 e. The molecular weight excluding hydrogens is 500 g/mol. The van der Waals surface area contributed by atoms with Gasteiger partial charge in [-0.25, -0.2) is 9.78 Å². The lowest BCUT2D eigenvalue weighted by Gasteiger charge is -2.31. The molecule has 2 heterocycles. The highest BCUT2D eigenvalue weighted by Crippen LogP contribution is 2.27. The highest BCUT2D eigenvalue weighted by molar-refractivity contribution is 6.76. The molecule has 1 aromatic heterocycles. The Bertz CT molecular complexity index is 1050. The third kappa shape index (κ3) is 10.2. The maximum atomic E-state index is 13.4. The Hall–Kier alpha value is -2.66. The molecule has 1 fully saturated rings. The van der Waals surface area contributed by atoms with E-state index < -0.39 is 19.8 Å². The SMILES string of the molecule is CC(C)(C)OC(=O)N(Cc1cccc(N)c1)c1cc(N2CCOCC2)cc(COCOCC[Si](C)(C)C)n1. The number of carbonyl (C=O) groups is 1. The summed E-state index contributed by atoms with van der Waals surface area (Å²) in [4.78, 5) is 22.0. The van der Waals surface area contributed by atoms with Gasteiger partial charge in [0, 0.05) is 45.2 Å². The first kappa shape index (κ1) is 29.9. The maximum Gasteiger partial charge on any atom is 0.416 e. The smallest absolute Gasteiger partial charge is 0.416 e. The zero-order valence-electron chi connectivity index (χ0n) is 23.8. The number of nitrogens with zero attached hydrogens (tertiary/aromatic N) is 3. The van der Waals surface area contributed by atoms with Crippen molar-refractivity contribution in [2.45, 2.75) is 65.2 Å². The minimum absolute atomic E-state index is 0.197. The van der Waals surface area contributed by atoms with Gasteiger partial charge in [-0.2, -0.15) is 0 Å². The largest absolute Gasteiger partial charge is 0.443 e. The van der Waals surface area contributed by atoms with E-state index in [-0.39, 0.29) is 19.9 Å². The van der Waals surface area contributed by atoms with Crippen molar-refractivity contribution in [2.75, 3.05) is 55.2 Å². The predicted octanol–water partition coefficient (Wildman–Crippen LogP) is 5.27. The molecule has 38 heavy (non-hydrogen) atoms. The Morgan fingerprint density at radius 2 is 1.87 bits per heavy atom. The lowest BCUT2D eigenvalue weighted by Crippen LogP contribution is -2.38. The van der Waals surface area contributed by atoms with Gasteiger partial charge in [0.25, 0.3) is 0 Å². The standard InChI is InChI=1S/C28H44N4O5Si/c1-28(2,3)37-27(33)32(19-22-8-7-9-23(29)16-22)26-18-25(31-10-12-34-13-11-31)17-24(30-26)20-36-21-35-14-15-38(4,5)6/h7-9,16-18H,10-15,19-21,29H2,1-6H3. The average molecular weight is 545 g/mol. The average Bonchev–Trinajstić information content (AvgIpc) is 2.83. The lowest BCUT2D eigenvalue weighted by atomic mass is 10.2. The van der Waals surface area contributed by atoms with Crippen LogP contribution in [0.5, 0.6) is 0 Å². The summed E-state index contributed by atoms with van der Waals surface area (Å²) >= 11 is 0. The Kier molecular flexibility index (Phi) is 10.5. The zero-order chi connectivity index (χ0) is 27.8. The summed E-state index contributed by atoms with van der Waals surface area (Å²) in [6, 6.07) is 12.5. The first-order valence-electron chi connectivity index (χ1n) is 13.2. The molecule has 0 atom stereocenters. The Balaban J connectivity index is 1.86. The van der Waals surface area contributed by atoms with Crippen LogP contribution in [0, 0.1) is 0 Å². The lowest BCUT2D eigenvalue weighted by molar-refractivity contribution is -0.0582. The molecule has 1 aliphatic rings. The molecule has 9 nitrogen and oxygen atoms in total. The second-order valence-corrected chi connectivity index (χ2v) is 17.4. The summed E-state index contributed by atoms with van der Waals surface area (Å²) in [5.74, 6) is 0.490. The van der Waals surface area contributed by atoms with E-state index in [0.29, 0.717) is 37.0 Å². The van der Waals surface area contributed by atoms with Crippen LogP contribution < -0.4 is 15.5 Å². The number of pyridine rings is 1. The summed E-state index contributed by atoms with van der Waals surface area (Å²) in [5, 5.41) is 0. The molecule has 2 N–H and O–H groups in total. The molecule has 2 aromatic rings. The molecule has 0 bridgehead atoms. The number of amides is 1. The van der Waals surface area contributed by atoms with Crippen molar-refractivity contribution in [1.82, 2.24) is 4.98 Å². The normalized spacial score (nSPS) is 14.4. The van der Waals surface area contributed by atoms with Crippen LogP contribution in [0.25, 0.3) is 0 Å². The zero-order valence-corrected chi connectivity index (χ0v) is 24.8. The van der Waals surface area contributed by atoms with Gasteiger partial charge >= 0.3 is 6.09 Å². The van der Waals surface area contributed by atoms with Crippen molar-refractivity contribution < 1.29 is 23.7 Å². The minimum atomic E-state index is -1.16.